The van der Waals surface area contributed by atoms with Crippen LogP contribution in [0.5, 0.6) is 0 Å². The van der Waals surface area contributed by atoms with Crippen LogP contribution < -0.4 is 0 Å². The summed E-state index contributed by atoms with van der Waals surface area (Å²) in [6.07, 6.45) is 0. The van der Waals surface area contributed by atoms with Crippen molar-refractivity contribution in [2.75, 3.05) is 0 Å². The summed E-state index contributed by atoms with van der Waals surface area (Å²) in [6, 6.07) is 39.0. The van der Waals surface area contributed by atoms with Gasteiger partial charge in [0.25, 0.3) is 0 Å². The molecular formula is C34H24N2. The first-order chi connectivity index (χ1) is 17.6. The molecule has 0 bridgehead atoms. The molecule has 7 aromatic rings. The SMILES string of the molecule is Cc1ccc2ccc3ccc(-c4ccc(-c5ccc6ccc7ccc(C)cc7c6n5)cc4)nc3c2c1. The Morgan fingerprint density at radius 2 is 0.750 bits per heavy atom. The molecule has 170 valence electrons. The lowest BCUT2D eigenvalue weighted by atomic mass is 10.0. The lowest BCUT2D eigenvalue weighted by molar-refractivity contribution is 1.39. The van der Waals surface area contributed by atoms with Crippen LogP contribution in [0.3, 0.4) is 0 Å². The van der Waals surface area contributed by atoms with Crippen molar-refractivity contribution in [2.24, 2.45) is 0 Å². The van der Waals surface area contributed by atoms with Crippen LogP contribution in [0.15, 0.2) is 109 Å². The smallest absolute Gasteiger partial charge is 0.0787 e. The fourth-order valence-electron chi connectivity index (χ4n) is 5.17. The van der Waals surface area contributed by atoms with E-state index >= 15 is 0 Å². The highest BCUT2D eigenvalue weighted by atomic mass is 14.7. The zero-order chi connectivity index (χ0) is 24.2. The Labute approximate surface area is 209 Å². The second-order valence-corrected chi connectivity index (χ2v) is 9.69. The Kier molecular flexibility index (Phi) is 4.62. The van der Waals surface area contributed by atoms with E-state index in [1.165, 1.54) is 32.7 Å². The molecule has 0 spiro atoms. The maximum Gasteiger partial charge on any atom is 0.0787 e. The van der Waals surface area contributed by atoms with E-state index in [4.69, 9.17) is 9.97 Å². The van der Waals surface area contributed by atoms with Gasteiger partial charge in [-0.15, -0.1) is 0 Å². The molecule has 0 aliphatic carbocycles. The Morgan fingerprint density at radius 3 is 1.19 bits per heavy atom. The second kappa shape index (κ2) is 8.00. The van der Waals surface area contributed by atoms with Gasteiger partial charge >= 0.3 is 0 Å². The van der Waals surface area contributed by atoms with E-state index in [9.17, 15) is 0 Å². The van der Waals surface area contributed by atoms with Gasteiger partial charge in [-0.1, -0.05) is 96.1 Å². The largest absolute Gasteiger partial charge is 0.247 e. The first-order valence-electron chi connectivity index (χ1n) is 12.3. The molecule has 5 aromatic carbocycles. The molecule has 0 fully saturated rings. The minimum Gasteiger partial charge on any atom is -0.247 e. The highest BCUT2D eigenvalue weighted by molar-refractivity contribution is 6.07. The predicted octanol–water partition coefficient (Wildman–Crippen LogP) is 9.04. The van der Waals surface area contributed by atoms with E-state index in [1.807, 2.05) is 0 Å². The van der Waals surface area contributed by atoms with Crippen molar-refractivity contribution in [3.63, 3.8) is 0 Å². The number of aromatic nitrogens is 2. The van der Waals surface area contributed by atoms with E-state index in [1.54, 1.807) is 0 Å². The average Bonchev–Trinajstić information content (AvgIpc) is 2.92. The van der Waals surface area contributed by atoms with Gasteiger partial charge in [0.1, 0.15) is 0 Å². The average molecular weight is 461 g/mol. The van der Waals surface area contributed by atoms with E-state index in [2.05, 4.69) is 123 Å². The summed E-state index contributed by atoms with van der Waals surface area (Å²) < 4.78 is 0. The summed E-state index contributed by atoms with van der Waals surface area (Å²) in [5.74, 6) is 0. The normalized spacial score (nSPS) is 11.6. The Hall–Kier alpha value is -4.56. The molecule has 0 N–H and O–H groups in total. The molecule has 0 unspecified atom stereocenters. The topological polar surface area (TPSA) is 25.8 Å². The van der Waals surface area contributed by atoms with Crippen LogP contribution in [0.2, 0.25) is 0 Å². The van der Waals surface area contributed by atoms with E-state index in [0.717, 1.165) is 44.3 Å². The second-order valence-electron chi connectivity index (χ2n) is 9.69. The van der Waals surface area contributed by atoms with Gasteiger partial charge in [0.2, 0.25) is 0 Å². The molecule has 36 heavy (non-hydrogen) atoms. The standard InChI is InChI=1S/C34H24N2/c1-21-3-5-23-7-13-27-15-17-31(35-33(27)29(23)19-21)25-9-11-26(12-10-25)32-18-16-28-14-8-24-6-4-22(2)20-30(24)34(28)36-32/h3-20H,1-2H3. The van der Waals surface area contributed by atoms with Gasteiger partial charge in [-0.05, 0) is 48.9 Å². The number of hydrogen-bond donors (Lipinski definition) is 0. The van der Waals surface area contributed by atoms with Crippen LogP contribution in [0.25, 0.3) is 65.9 Å². The van der Waals surface area contributed by atoms with Crippen molar-refractivity contribution in [1.82, 2.24) is 9.97 Å². The monoisotopic (exact) mass is 460 g/mol. The van der Waals surface area contributed by atoms with Crippen LogP contribution in [-0.4, -0.2) is 9.97 Å². The number of pyridine rings is 2. The molecule has 2 heterocycles. The van der Waals surface area contributed by atoms with Crippen molar-refractivity contribution in [3.05, 3.63) is 120 Å². The predicted molar refractivity (Wildman–Crippen MR) is 152 cm³/mol. The van der Waals surface area contributed by atoms with Crippen LogP contribution in [0, 0.1) is 13.8 Å². The van der Waals surface area contributed by atoms with E-state index < -0.39 is 0 Å². The lowest BCUT2D eigenvalue weighted by Crippen LogP contribution is -1.89. The Morgan fingerprint density at radius 1 is 0.389 bits per heavy atom. The summed E-state index contributed by atoms with van der Waals surface area (Å²) in [5.41, 5.74) is 8.77. The molecule has 2 nitrogen and oxygen atoms in total. The van der Waals surface area contributed by atoms with Crippen molar-refractivity contribution in [1.29, 1.82) is 0 Å². The fraction of sp³-hybridized carbons (Fsp3) is 0.0588. The minimum atomic E-state index is 0.982. The third-order valence-electron chi connectivity index (χ3n) is 7.14. The van der Waals surface area contributed by atoms with Gasteiger partial charge in [-0.25, -0.2) is 9.97 Å². The van der Waals surface area contributed by atoms with Crippen molar-refractivity contribution in [2.45, 2.75) is 13.8 Å². The molecule has 0 saturated heterocycles. The Bertz CT molecular complexity index is 1810. The summed E-state index contributed by atoms with van der Waals surface area (Å²) in [7, 11) is 0. The van der Waals surface area contributed by atoms with Gasteiger partial charge in [-0.2, -0.15) is 0 Å². The number of hydrogen-bond acceptors (Lipinski definition) is 2. The van der Waals surface area contributed by atoms with Gasteiger partial charge in [-0.3, -0.25) is 0 Å². The quantitative estimate of drug-likeness (QED) is 0.241. The highest BCUT2D eigenvalue weighted by Gasteiger charge is 2.09. The molecule has 2 aromatic heterocycles. The van der Waals surface area contributed by atoms with Crippen LogP contribution in [0.1, 0.15) is 11.1 Å². The molecule has 2 heteroatoms. The number of nitrogens with zero attached hydrogens (tertiary/aromatic N) is 2. The molecule has 0 amide bonds. The zero-order valence-electron chi connectivity index (χ0n) is 20.3. The molecule has 0 saturated carbocycles. The summed E-state index contributed by atoms with van der Waals surface area (Å²) >= 11 is 0. The molecule has 0 aliphatic rings. The third kappa shape index (κ3) is 3.42. The lowest BCUT2D eigenvalue weighted by Gasteiger charge is -2.09. The van der Waals surface area contributed by atoms with Crippen molar-refractivity contribution >= 4 is 43.4 Å². The minimum absolute atomic E-state index is 0.982. The van der Waals surface area contributed by atoms with Gasteiger partial charge in [0, 0.05) is 32.7 Å². The van der Waals surface area contributed by atoms with E-state index in [-0.39, 0.29) is 0 Å². The first kappa shape index (κ1) is 20.8. The molecule has 7 rings (SSSR count). The summed E-state index contributed by atoms with van der Waals surface area (Å²) in [5, 5.41) is 7.17. The molecular weight excluding hydrogens is 436 g/mol. The third-order valence-corrected chi connectivity index (χ3v) is 7.14. The van der Waals surface area contributed by atoms with Gasteiger partial charge in [0.15, 0.2) is 0 Å². The first-order valence-corrected chi connectivity index (χ1v) is 12.3. The molecule has 0 radical (unpaired) electrons. The fourth-order valence-corrected chi connectivity index (χ4v) is 5.17. The van der Waals surface area contributed by atoms with Gasteiger partial charge in [0.05, 0.1) is 22.4 Å². The summed E-state index contributed by atoms with van der Waals surface area (Å²) in [4.78, 5) is 10.2. The Balaban J connectivity index is 1.31. The van der Waals surface area contributed by atoms with Crippen molar-refractivity contribution in [3.8, 4) is 22.5 Å². The maximum atomic E-state index is 5.08. The van der Waals surface area contributed by atoms with Crippen LogP contribution >= 0.6 is 0 Å². The van der Waals surface area contributed by atoms with Gasteiger partial charge < -0.3 is 0 Å². The molecule has 0 aliphatic heterocycles. The number of fused-ring (bicyclic) bond motifs is 6. The van der Waals surface area contributed by atoms with Crippen molar-refractivity contribution < 1.29 is 0 Å². The van der Waals surface area contributed by atoms with E-state index in [0.29, 0.717) is 0 Å². The molecule has 0 atom stereocenters. The van der Waals surface area contributed by atoms with Crippen LogP contribution in [-0.2, 0) is 0 Å². The zero-order valence-corrected chi connectivity index (χ0v) is 20.3. The van der Waals surface area contributed by atoms with Crippen LogP contribution in [0.4, 0.5) is 0 Å². The number of rotatable bonds is 2. The highest BCUT2D eigenvalue weighted by Crippen LogP contribution is 2.31. The number of benzene rings is 5. The summed E-state index contributed by atoms with van der Waals surface area (Å²) in [6.45, 7) is 4.26. The maximum absolute atomic E-state index is 5.08. The number of aryl methyl sites for hydroxylation is 2.